The Morgan fingerprint density at radius 2 is 1.88 bits per heavy atom. The van der Waals surface area contributed by atoms with Crippen molar-refractivity contribution in [3.05, 3.63) is 83.2 Å². The number of alkyl halides is 3. The lowest BCUT2D eigenvalue weighted by molar-refractivity contribution is -0.141. The van der Waals surface area contributed by atoms with E-state index < -0.39 is 11.9 Å². The molecule has 1 aliphatic heterocycles. The molecule has 0 radical (unpaired) electrons. The van der Waals surface area contributed by atoms with Gasteiger partial charge in [0.25, 0.3) is 0 Å². The Hall–Kier alpha value is -3.59. The van der Waals surface area contributed by atoms with Gasteiger partial charge in [0.1, 0.15) is 17.8 Å². The second-order valence-corrected chi connectivity index (χ2v) is 7.77. The predicted molar refractivity (Wildman–Crippen MR) is 114 cm³/mol. The van der Waals surface area contributed by atoms with Crippen molar-refractivity contribution in [1.29, 1.82) is 0 Å². The van der Waals surface area contributed by atoms with Crippen LogP contribution in [0.2, 0.25) is 0 Å². The molecule has 0 atom stereocenters. The van der Waals surface area contributed by atoms with Crippen molar-refractivity contribution in [2.45, 2.75) is 32.7 Å². The zero-order valence-corrected chi connectivity index (χ0v) is 17.2. The third-order valence-corrected chi connectivity index (χ3v) is 5.52. The zero-order chi connectivity index (χ0) is 22.3. The van der Waals surface area contributed by atoms with Crippen LogP contribution in [0.15, 0.2) is 55.0 Å². The summed E-state index contributed by atoms with van der Waals surface area (Å²) in [6.45, 7) is 3.25. The Morgan fingerprint density at radius 3 is 2.69 bits per heavy atom. The summed E-state index contributed by atoms with van der Waals surface area (Å²) in [6.07, 6.45) is -1.16. The van der Waals surface area contributed by atoms with Crippen molar-refractivity contribution in [3.8, 4) is 0 Å². The van der Waals surface area contributed by atoms with Gasteiger partial charge in [0.2, 0.25) is 0 Å². The summed E-state index contributed by atoms with van der Waals surface area (Å²) in [6, 6.07) is 12.4. The van der Waals surface area contributed by atoms with Gasteiger partial charge in [0.05, 0.1) is 23.1 Å². The fourth-order valence-corrected chi connectivity index (χ4v) is 3.89. The molecule has 0 fully saturated rings. The number of benzene rings is 1. The number of para-hydroxylation sites is 1. The molecule has 0 unspecified atom stereocenters. The van der Waals surface area contributed by atoms with E-state index in [-0.39, 0.29) is 0 Å². The summed E-state index contributed by atoms with van der Waals surface area (Å²) in [5, 5.41) is 4.36. The van der Waals surface area contributed by atoms with E-state index in [1.807, 2.05) is 30.3 Å². The van der Waals surface area contributed by atoms with Crippen LogP contribution < -0.4 is 5.32 Å². The second-order valence-electron chi connectivity index (χ2n) is 7.77. The summed E-state index contributed by atoms with van der Waals surface area (Å²) in [7, 11) is 0. The van der Waals surface area contributed by atoms with E-state index in [1.165, 1.54) is 12.4 Å². The van der Waals surface area contributed by atoms with Crippen molar-refractivity contribution in [2.75, 3.05) is 5.32 Å². The van der Waals surface area contributed by atoms with Crippen LogP contribution in [0.25, 0.3) is 10.9 Å². The maximum Gasteiger partial charge on any atom is 0.433 e. The number of rotatable bonds is 4. The highest BCUT2D eigenvalue weighted by Crippen LogP contribution is 2.31. The first-order chi connectivity index (χ1) is 15.4. The first kappa shape index (κ1) is 20.3. The summed E-state index contributed by atoms with van der Waals surface area (Å²) in [5.74, 6) is 0.705. The Bertz CT molecular complexity index is 1300. The van der Waals surface area contributed by atoms with Crippen LogP contribution in [-0.2, 0) is 25.8 Å². The standard InChI is InChI=1S/C23H19F3N6/c1-14-16(6-7-21(30-14)23(24,25)26)10-32-11-18-20(12-32)28-13-29-22(18)31-17-8-15-4-2-3-5-19(15)27-9-17/h2-9,13H,10-12H2,1H3,(H,28,29,31). The number of pyridine rings is 2. The van der Waals surface area contributed by atoms with Gasteiger partial charge in [-0.3, -0.25) is 9.88 Å². The fraction of sp³-hybridized carbons (Fsp3) is 0.217. The monoisotopic (exact) mass is 436 g/mol. The summed E-state index contributed by atoms with van der Waals surface area (Å²) in [4.78, 5) is 19.1. The molecular formula is C23H19F3N6. The van der Waals surface area contributed by atoms with E-state index in [9.17, 15) is 13.2 Å². The molecule has 9 heteroatoms. The van der Waals surface area contributed by atoms with Gasteiger partial charge >= 0.3 is 6.18 Å². The number of aromatic nitrogens is 4. The normalized spacial score (nSPS) is 14.0. The van der Waals surface area contributed by atoms with Gasteiger partial charge in [0.15, 0.2) is 0 Å². The maximum absolute atomic E-state index is 12.9. The minimum atomic E-state index is -4.44. The van der Waals surface area contributed by atoms with E-state index >= 15 is 0 Å². The van der Waals surface area contributed by atoms with Crippen LogP contribution in [0, 0.1) is 6.92 Å². The number of nitrogens with one attached hydrogen (secondary N) is 1. The van der Waals surface area contributed by atoms with Gasteiger partial charge in [-0.25, -0.2) is 15.0 Å². The van der Waals surface area contributed by atoms with Gasteiger partial charge in [-0.15, -0.1) is 0 Å². The molecule has 0 bridgehead atoms. The third-order valence-electron chi connectivity index (χ3n) is 5.52. The quantitative estimate of drug-likeness (QED) is 0.485. The van der Waals surface area contributed by atoms with E-state index in [2.05, 4.69) is 30.2 Å². The minimum Gasteiger partial charge on any atom is -0.339 e. The third kappa shape index (κ3) is 3.99. The molecule has 0 saturated carbocycles. The lowest BCUT2D eigenvalue weighted by Crippen LogP contribution is -2.18. The summed E-state index contributed by atoms with van der Waals surface area (Å²) >= 11 is 0. The first-order valence-corrected chi connectivity index (χ1v) is 10.1. The molecule has 0 spiro atoms. The molecule has 32 heavy (non-hydrogen) atoms. The Morgan fingerprint density at radius 1 is 1.03 bits per heavy atom. The molecule has 162 valence electrons. The molecule has 6 nitrogen and oxygen atoms in total. The number of hydrogen-bond donors (Lipinski definition) is 1. The molecule has 1 aromatic carbocycles. The highest BCUT2D eigenvalue weighted by Gasteiger charge is 2.33. The second kappa shape index (κ2) is 7.83. The highest BCUT2D eigenvalue weighted by molar-refractivity contribution is 5.82. The van der Waals surface area contributed by atoms with Gasteiger partial charge in [0, 0.05) is 36.3 Å². The van der Waals surface area contributed by atoms with E-state index in [4.69, 9.17) is 0 Å². The van der Waals surface area contributed by atoms with Crippen molar-refractivity contribution >= 4 is 22.4 Å². The van der Waals surface area contributed by atoms with Gasteiger partial charge in [-0.1, -0.05) is 24.3 Å². The minimum absolute atomic E-state index is 0.377. The van der Waals surface area contributed by atoms with E-state index in [0.717, 1.165) is 39.5 Å². The molecule has 1 aliphatic rings. The van der Waals surface area contributed by atoms with Crippen LogP contribution in [0.4, 0.5) is 24.7 Å². The van der Waals surface area contributed by atoms with E-state index in [1.54, 1.807) is 13.1 Å². The Kier molecular flexibility index (Phi) is 4.97. The Balaban J connectivity index is 1.34. The van der Waals surface area contributed by atoms with Crippen LogP contribution in [0.1, 0.15) is 28.2 Å². The zero-order valence-electron chi connectivity index (χ0n) is 17.2. The molecule has 3 aromatic heterocycles. The number of aryl methyl sites for hydroxylation is 1. The smallest absolute Gasteiger partial charge is 0.339 e. The molecule has 1 N–H and O–H groups in total. The number of halogens is 3. The first-order valence-electron chi connectivity index (χ1n) is 10.1. The Labute approximate surface area is 182 Å². The van der Waals surface area contributed by atoms with Gasteiger partial charge in [-0.05, 0) is 30.7 Å². The molecule has 0 amide bonds. The van der Waals surface area contributed by atoms with Crippen molar-refractivity contribution in [3.63, 3.8) is 0 Å². The average molecular weight is 436 g/mol. The molecule has 0 aliphatic carbocycles. The molecule has 4 heterocycles. The fourth-order valence-electron chi connectivity index (χ4n) is 3.89. The number of hydrogen-bond acceptors (Lipinski definition) is 6. The van der Waals surface area contributed by atoms with Crippen molar-refractivity contribution in [2.24, 2.45) is 0 Å². The number of fused-ring (bicyclic) bond motifs is 2. The molecule has 4 aromatic rings. The lowest BCUT2D eigenvalue weighted by atomic mass is 10.1. The predicted octanol–water partition coefficient (Wildman–Crippen LogP) is 5.01. The number of anilines is 2. The number of nitrogens with zero attached hydrogens (tertiary/aromatic N) is 5. The largest absolute Gasteiger partial charge is 0.433 e. The summed E-state index contributed by atoms with van der Waals surface area (Å²) < 4.78 is 38.7. The van der Waals surface area contributed by atoms with Crippen LogP contribution in [-0.4, -0.2) is 24.8 Å². The van der Waals surface area contributed by atoms with Crippen LogP contribution in [0.3, 0.4) is 0 Å². The molecule has 0 saturated heterocycles. The van der Waals surface area contributed by atoms with Crippen molar-refractivity contribution in [1.82, 2.24) is 24.8 Å². The topological polar surface area (TPSA) is 66.8 Å². The summed E-state index contributed by atoms with van der Waals surface area (Å²) in [5.41, 5.74) is 3.87. The maximum atomic E-state index is 12.9. The van der Waals surface area contributed by atoms with Crippen LogP contribution >= 0.6 is 0 Å². The average Bonchev–Trinajstić information content (AvgIpc) is 3.18. The SMILES string of the molecule is Cc1nc(C(F)(F)F)ccc1CN1Cc2ncnc(Nc3cnc4ccccc4c3)c2C1. The molecule has 5 rings (SSSR count). The van der Waals surface area contributed by atoms with Gasteiger partial charge < -0.3 is 5.32 Å². The highest BCUT2D eigenvalue weighted by atomic mass is 19.4. The van der Waals surface area contributed by atoms with Crippen LogP contribution in [0.5, 0.6) is 0 Å². The van der Waals surface area contributed by atoms with Crippen molar-refractivity contribution < 1.29 is 13.2 Å². The lowest BCUT2D eigenvalue weighted by Gasteiger charge is -2.17. The molecular weight excluding hydrogens is 417 g/mol. The van der Waals surface area contributed by atoms with E-state index in [0.29, 0.717) is 31.1 Å². The van der Waals surface area contributed by atoms with Gasteiger partial charge in [-0.2, -0.15) is 13.2 Å².